The summed E-state index contributed by atoms with van der Waals surface area (Å²) in [4.78, 5) is 1.35. The molecule has 0 unspecified atom stereocenters. The van der Waals surface area contributed by atoms with Crippen LogP contribution in [0.15, 0.2) is 69.7 Å². The van der Waals surface area contributed by atoms with Crippen LogP contribution < -0.4 is 0 Å². The van der Waals surface area contributed by atoms with E-state index in [1.807, 2.05) is 17.5 Å². The Balaban J connectivity index is 1.87. The molecule has 24 heavy (non-hydrogen) atoms. The van der Waals surface area contributed by atoms with E-state index in [0.29, 0.717) is 18.0 Å². The molecule has 2 aromatic heterocycles. The van der Waals surface area contributed by atoms with E-state index >= 15 is 0 Å². The molecule has 0 atom stereocenters. The smallest absolute Gasteiger partial charge is 0.243 e. The molecule has 0 N–H and O–H groups in total. The Morgan fingerprint density at radius 3 is 2.71 bits per heavy atom. The third kappa shape index (κ3) is 4.08. The van der Waals surface area contributed by atoms with Crippen LogP contribution in [0.5, 0.6) is 0 Å². The number of rotatable bonds is 7. The molecule has 1 aromatic carbocycles. The zero-order chi connectivity index (χ0) is 17.0. The minimum Gasteiger partial charge on any atom is -0.472 e. The topological polar surface area (TPSA) is 50.5 Å². The highest BCUT2D eigenvalue weighted by Gasteiger charge is 2.25. The Hall–Kier alpha value is -1.60. The molecule has 126 valence electrons. The quantitative estimate of drug-likeness (QED) is 0.608. The highest BCUT2D eigenvalue weighted by atomic mass is 35.5. The van der Waals surface area contributed by atoms with Gasteiger partial charge in [-0.2, -0.15) is 4.31 Å². The van der Waals surface area contributed by atoms with Crippen molar-refractivity contribution < 1.29 is 12.8 Å². The summed E-state index contributed by atoms with van der Waals surface area (Å²) in [6.07, 6.45) is 3.76. The van der Waals surface area contributed by atoms with Crippen LogP contribution in [0.2, 0.25) is 5.02 Å². The molecule has 3 rings (SSSR count). The molecule has 0 aliphatic carbocycles. The summed E-state index contributed by atoms with van der Waals surface area (Å²) in [6, 6.07) is 12.1. The van der Waals surface area contributed by atoms with Gasteiger partial charge in [-0.25, -0.2) is 8.42 Å². The van der Waals surface area contributed by atoms with Crippen molar-refractivity contribution in [2.45, 2.75) is 17.9 Å². The van der Waals surface area contributed by atoms with Crippen molar-refractivity contribution in [2.24, 2.45) is 0 Å². The molecule has 0 saturated carbocycles. The van der Waals surface area contributed by atoms with Gasteiger partial charge in [-0.05, 0) is 42.1 Å². The van der Waals surface area contributed by atoms with Crippen LogP contribution >= 0.6 is 22.9 Å². The molecule has 0 radical (unpaired) electrons. The van der Waals surface area contributed by atoms with E-state index in [-0.39, 0.29) is 11.4 Å². The van der Waals surface area contributed by atoms with Crippen molar-refractivity contribution in [1.29, 1.82) is 0 Å². The zero-order valence-electron chi connectivity index (χ0n) is 12.8. The van der Waals surface area contributed by atoms with Crippen molar-refractivity contribution in [3.8, 4) is 0 Å². The van der Waals surface area contributed by atoms with Gasteiger partial charge in [0, 0.05) is 28.6 Å². The van der Waals surface area contributed by atoms with E-state index in [2.05, 4.69) is 0 Å². The monoisotopic (exact) mass is 381 g/mol. The Morgan fingerprint density at radius 2 is 2.04 bits per heavy atom. The standard InChI is InChI=1S/C17H16ClNO3S2/c18-15-3-1-5-17(11-15)24(20,21)19(12-14-7-9-22-13-14)8-6-16-4-2-10-23-16/h1-5,7,9-11,13H,6,8,12H2. The van der Waals surface area contributed by atoms with Crippen molar-refractivity contribution in [1.82, 2.24) is 4.31 Å². The zero-order valence-corrected chi connectivity index (χ0v) is 15.2. The summed E-state index contributed by atoms with van der Waals surface area (Å²) in [5.74, 6) is 0. The van der Waals surface area contributed by atoms with Gasteiger partial charge < -0.3 is 4.42 Å². The van der Waals surface area contributed by atoms with Crippen LogP contribution in [-0.4, -0.2) is 19.3 Å². The number of furan rings is 1. The van der Waals surface area contributed by atoms with Gasteiger partial charge in [0.25, 0.3) is 0 Å². The largest absolute Gasteiger partial charge is 0.472 e. The van der Waals surface area contributed by atoms with Crippen LogP contribution in [0.25, 0.3) is 0 Å². The van der Waals surface area contributed by atoms with Crippen molar-refractivity contribution in [3.63, 3.8) is 0 Å². The Kier molecular flexibility index (Phi) is 5.40. The fourth-order valence-electron chi connectivity index (χ4n) is 2.34. The number of nitrogens with zero attached hydrogens (tertiary/aromatic N) is 1. The van der Waals surface area contributed by atoms with Gasteiger partial charge in [0.15, 0.2) is 0 Å². The average molecular weight is 382 g/mol. The molecule has 2 heterocycles. The number of hydrogen-bond donors (Lipinski definition) is 0. The lowest BCUT2D eigenvalue weighted by Crippen LogP contribution is -2.32. The number of halogens is 1. The normalized spacial score (nSPS) is 11.9. The fraction of sp³-hybridized carbons (Fsp3) is 0.176. The predicted molar refractivity (Wildman–Crippen MR) is 95.8 cm³/mol. The van der Waals surface area contributed by atoms with Crippen LogP contribution in [-0.2, 0) is 23.0 Å². The molecule has 0 amide bonds. The summed E-state index contributed by atoms with van der Waals surface area (Å²) >= 11 is 7.58. The Labute approximate surface area is 150 Å². The second-order valence-electron chi connectivity index (χ2n) is 5.26. The molecular weight excluding hydrogens is 366 g/mol. The van der Waals surface area contributed by atoms with Gasteiger partial charge in [-0.15, -0.1) is 11.3 Å². The van der Waals surface area contributed by atoms with Gasteiger partial charge in [0.05, 0.1) is 17.4 Å². The van der Waals surface area contributed by atoms with E-state index in [1.54, 1.807) is 48.1 Å². The molecule has 0 saturated heterocycles. The summed E-state index contributed by atoms with van der Waals surface area (Å²) in [6.45, 7) is 0.650. The number of benzene rings is 1. The molecule has 0 aliphatic heterocycles. The predicted octanol–water partition coefficient (Wildman–Crippen LogP) is 4.43. The van der Waals surface area contributed by atoms with Crippen LogP contribution in [0, 0.1) is 0 Å². The molecule has 0 fully saturated rings. The first-order valence-corrected chi connectivity index (χ1v) is 10.0. The Bertz CT molecular complexity index is 874. The number of sulfonamides is 1. The molecule has 3 aromatic rings. The highest BCUT2D eigenvalue weighted by Crippen LogP contribution is 2.22. The van der Waals surface area contributed by atoms with Crippen molar-refractivity contribution in [2.75, 3.05) is 6.54 Å². The van der Waals surface area contributed by atoms with Crippen LogP contribution in [0.4, 0.5) is 0 Å². The molecule has 7 heteroatoms. The van der Waals surface area contributed by atoms with Gasteiger partial charge in [-0.3, -0.25) is 0 Å². The van der Waals surface area contributed by atoms with Gasteiger partial charge in [0.1, 0.15) is 0 Å². The summed E-state index contributed by atoms with van der Waals surface area (Å²) in [5.41, 5.74) is 0.812. The second-order valence-corrected chi connectivity index (χ2v) is 8.66. The number of hydrogen-bond acceptors (Lipinski definition) is 4. The van der Waals surface area contributed by atoms with Gasteiger partial charge >= 0.3 is 0 Å². The van der Waals surface area contributed by atoms with E-state index in [4.69, 9.17) is 16.0 Å². The second kappa shape index (κ2) is 7.53. The molecular formula is C17H16ClNO3S2. The van der Waals surface area contributed by atoms with E-state index in [0.717, 1.165) is 10.4 Å². The maximum atomic E-state index is 13.0. The maximum absolute atomic E-state index is 13.0. The highest BCUT2D eigenvalue weighted by molar-refractivity contribution is 7.89. The minimum absolute atomic E-state index is 0.199. The lowest BCUT2D eigenvalue weighted by atomic mass is 10.3. The third-order valence-electron chi connectivity index (χ3n) is 3.56. The van der Waals surface area contributed by atoms with Gasteiger partial charge in [0.2, 0.25) is 10.0 Å². The minimum atomic E-state index is -3.64. The van der Waals surface area contributed by atoms with Crippen molar-refractivity contribution >= 4 is 33.0 Å². The first kappa shape index (κ1) is 17.2. The van der Waals surface area contributed by atoms with E-state index < -0.39 is 10.0 Å². The SMILES string of the molecule is O=S(=O)(c1cccc(Cl)c1)N(CCc1cccs1)Cc1ccoc1. The average Bonchev–Trinajstić information content (AvgIpc) is 3.25. The lowest BCUT2D eigenvalue weighted by molar-refractivity contribution is 0.408. The Morgan fingerprint density at radius 1 is 1.17 bits per heavy atom. The molecule has 0 spiro atoms. The molecule has 0 bridgehead atoms. The van der Waals surface area contributed by atoms with Crippen LogP contribution in [0.3, 0.4) is 0 Å². The fourth-order valence-corrected chi connectivity index (χ4v) is 4.77. The molecule has 0 aliphatic rings. The van der Waals surface area contributed by atoms with E-state index in [1.165, 1.54) is 10.4 Å². The summed E-state index contributed by atoms with van der Waals surface area (Å²) in [7, 11) is -3.64. The number of thiophene rings is 1. The van der Waals surface area contributed by atoms with Crippen molar-refractivity contribution in [3.05, 3.63) is 75.8 Å². The summed E-state index contributed by atoms with van der Waals surface area (Å²) < 4.78 is 32.5. The van der Waals surface area contributed by atoms with E-state index in [9.17, 15) is 8.42 Å². The maximum Gasteiger partial charge on any atom is 0.243 e. The first-order valence-electron chi connectivity index (χ1n) is 7.35. The third-order valence-corrected chi connectivity index (χ3v) is 6.57. The molecule has 4 nitrogen and oxygen atoms in total. The summed E-state index contributed by atoms with van der Waals surface area (Å²) in [5, 5.41) is 2.39. The van der Waals surface area contributed by atoms with Gasteiger partial charge in [-0.1, -0.05) is 23.7 Å². The van der Waals surface area contributed by atoms with Crippen LogP contribution in [0.1, 0.15) is 10.4 Å². The first-order chi connectivity index (χ1) is 11.6. The lowest BCUT2D eigenvalue weighted by Gasteiger charge is -2.21.